The molecule has 0 aliphatic heterocycles. The maximum Gasteiger partial charge on any atom is 0.252 e. The van der Waals surface area contributed by atoms with E-state index in [4.69, 9.17) is 5.11 Å². The summed E-state index contributed by atoms with van der Waals surface area (Å²) in [7, 11) is 0. The van der Waals surface area contributed by atoms with Crippen molar-refractivity contribution in [3.63, 3.8) is 0 Å². The first kappa shape index (κ1) is 14.1. The second-order valence-corrected chi connectivity index (χ2v) is 5.87. The molecule has 1 aliphatic carbocycles. The van der Waals surface area contributed by atoms with E-state index in [1.165, 1.54) is 24.2 Å². The van der Waals surface area contributed by atoms with Gasteiger partial charge in [0.15, 0.2) is 0 Å². The van der Waals surface area contributed by atoms with Crippen LogP contribution in [0.15, 0.2) is 11.4 Å². The Kier molecular flexibility index (Phi) is 5.00. The topological polar surface area (TPSA) is 49.3 Å². The molecule has 0 spiro atoms. The first-order chi connectivity index (χ1) is 9.20. The molecule has 1 aromatic heterocycles. The van der Waals surface area contributed by atoms with E-state index in [0.29, 0.717) is 23.9 Å². The van der Waals surface area contributed by atoms with Crippen molar-refractivity contribution in [3.8, 4) is 11.8 Å². The Morgan fingerprint density at radius 1 is 1.58 bits per heavy atom. The van der Waals surface area contributed by atoms with E-state index in [-0.39, 0.29) is 12.5 Å². The molecule has 0 saturated heterocycles. The third-order valence-corrected chi connectivity index (χ3v) is 4.33. The van der Waals surface area contributed by atoms with E-state index in [1.54, 1.807) is 0 Å². The summed E-state index contributed by atoms with van der Waals surface area (Å²) in [6.07, 6.45) is 3.96. The van der Waals surface area contributed by atoms with Gasteiger partial charge in [-0.1, -0.05) is 25.2 Å². The second kappa shape index (κ2) is 6.74. The number of rotatable bonds is 3. The van der Waals surface area contributed by atoms with Crippen molar-refractivity contribution in [3.05, 3.63) is 21.9 Å². The molecule has 1 saturated carbocycles. The molecule has 2 atom stereocenters. The van der Waals surface area contributed by atoms with Crippen molar-refractivity contribution in [2.24, 2.45) is 5.92 Å². The minimum atomic E-state index is 0.00482. The van der Waals surface area contributed by atoms with Crippen molar-refractivity contribution in [2.75, 3.05) is 6.61 Å². The predicted molar refractivity (Wildman–Crippen MR) is 77.2 cm³/mol. The van der Waals surface area contributed by atoms with Gasteiger partial charge in [0.1, 0.15) is 0 Å². The quantitative estimate of drug-likeness (QED) is 0.834. The molecule has 3 nitrogen and oxygen atoms in total. The molecule has 2 rings (SSSR count). The number of hydrogen-bond acceptors (Lipinski definition) is 3. The molecular weight excluding hydrogens is 258 g/mol. The summed E-state index contributed by atoms with van der Waals surface area (Å²) < 4.78 is 0. The van der Waals surface area contributed by atoms with Gasteiger partial charge in [-0.3, -0.25) is 4.79 Å². The summed E-state index contributed by atoms with van der Waals surface area (Å²) in [6, 6.07) is 2.14. The van der Waals surface area contributed by atoms with Gasteiger partial charge in [0.05, 0.1) is 17.0 Å². The molecule has 102 valence electrons. The maximum absolute atomic E-state index is 12.1. The van der Waals surface area contributed by atoms with Gasteiger partial charge in [0.25, 0.3) is 5.91 Å². The second-order valence-electron chi connectivity index (χ2n) is 4.96. The highest BCUT2D eigenvalue weighted by Gasteiger charge is 2.25. The molecule has 1 aromatic rings. The number of carbonyl (C=O) groups excluding carboxylic acids is 1. The van der Waals surface area contributed by atoms with Crippen LogP contribution < -0.4 is 5.32 Å². The molecule has 1 heterocycles. The highest BCUT2D eigenvalue weighted by atomic mass is 32.1. The van der Waals surface area contributed by atoms with Crippen molar-refractivity contribution < 1.29 is 9.90 Å². The van der Waals surface area contributed by atoms with E-state index in [0.717, 1.165) is 11.3 Å². The molecule has 4 heteroatoms. The van der Waals surface area contributed by atoms with Crippen LogP contribution in [0.5, 0.6) is 0 Å². The van der Waals surface area contributed by atoms with Gasteiger partial charge in [-0.15, -0.1) is 11.3 Å². The minimum absolute atomic E-state index is 0.00482. The van der Waals surface area contributed by atoms with Gasteiger partial charge in [-0.2, -0.15) is 0 Å². The predicted octanol–water partition coefficient (Wildman–Crippen LogP) is 2.40. The summed E-state index contributed by atoms with van der Waals surface area (Å²) in [6.45, 7) is 2.27. The van der Waals surface area contributed by atoms with Crippen LogP contribution in [0, 0.1) is 17.8 Å². The first-order valence-electron chi connectivity index (χ1n) is 6.70. The molecule has 0 bridgehead atoms. The fraction of sp³-hybridized carbons (Fsp3) is 0.533. The lowest BCUT2D eigenvalue weighted by molar-refractivity contribution is 0.0930. The zero-order valence-electron chi connectivity index (χ0n) is 11.1. The fourth-order valence-corrected chi connectivity index (χ4v) is 3.09. The average Bonchev–Trinajstić information content (AvgIpc) is 3.00. The van der Waals surface area contributed by atoms with Gasteiger partial charge >= 0.3 is 0 Å². The number of aliphatic hydroxyl groups excluding tert-OH is 1. The highest BCUT2D eigenvalue weighted by Crippen LogP contribution is 2.25. The largest absolute Gasteiger partial charge is 0.395 e. The van der Waals surface area contributed by atoms with Gasteiger partial charge in [-0.05, 0) is 24.8 Å². The standard InChI is InChI=1S/C15H19NO2S/c1-11-5-4-7-14(11)16-15(18)12-9-13(19-10-12)6-2-3-8-17/h9-11,14,17H,3-5,7-8H2,1H3,(H,16,18). The lowest BCUT2D eigenvalue weighted by atomic mass is 10.1. The zero-order chi connectivity index (χ0) is 13.7. The van der Waals surface area contributed by atoms with Crippen LogP contribution in [-0.4, -0.2) is 23.7 Å². The van der Waals surface area contributed by atoms with Crippen molar-refractivity contribution in [1.29, 1.82) is 0 Å². The van der Waals surface area contributed by atoms with Crippen LogP contribution in [0.2, 0.25) is 0 Å². The molecule has 19 heavy (non-hydrogen) atoms. The Labute approximate surface area is 118 Å². The van der Waals surface area contributed by atoms with Crippen LogP contribution in [0.3, 0.4) is 0 Å². The van der Waals surface area contributed by atoms with E-state index < -0.39 is 0 Å². The van der Waals surface area contributed by atoms with Crippen molar-refractivity contribution >= 4 is 17.2 Å². The van der Waals surface area contributed by atoms with Gasteiger partial charge in [-0.25, -0.2) is 0 Å². The number of thiophene rings is 1. The van der Waals surface area contributed by atoms with E-state index in [9.17, 15) is 4.79 Å². The number of nitrogens with one attached hydrogen (secondary N) is 1. The molecular formula is C15H19NO2S. The lowest BCUT2D eigenvalue weighted by Crippen LogP contribution is -2.36. The average molecular weight is 277 g/mol. The molecule has 1 amide bonds. The van der Waals surface area contributed by atoms with Gasteiger partial charge in [0, 0.05) is 17.8 Å². The van der Waals surface area contributed by atoms with Crippen LogP contribution >= 0.6 is 11.3 Å². The van der Waals surface area contributed by atoms with Crippen LogP contribution in [0.1, 0.15) is 47.8 Å². The third-order valence-electron chi connectivity index (χ3n) is 3.49. The summed E-state index contributed by atoms with van der Waals surface area (Å²) >= 11 is 1.47. The SMILES string of the molecule is CC1CCCC1NC(=O)c1csc(C#CCCO)c1. The summed E-state index contributed by atoms with van der Waals surface area (Å²) in [5, 5.41) is 13.6. The van der Waals surface area contributed by atoms with Crippen molar-refractivity contribution in [1.82, 2.24) is 5.32 Å². The molecule has 0 aromatic carbocycles. The van der Waals surface area contributed by atoms with Gasteiger partial charge in [0.2, 0.25) is 0 Å². The van der Waals surface area contributed by atoms with Crippen LogP contribution in [0.25, 0.3) is 0 Å². The zero-order valence-corrected chi connectivity index (χ0v) is 11.9. The van der Waals surface area contributed by atoms with E-state index >= 15 is 0 Å². The smallest absolute Gasteiger partial charge is 0.252 e. The highest BCUT2D eigenvalue weighted by molar-refractivity contribution is 7.10. The Hall–Kier alpha value is -1.31. The summed E-state index contributed by atoms with van der Waals surface area (Å²) in [5.74, 6) is 6.39. The molecule has 2 unspecified atom stereocenters. The van der Waals surface area contributed by atoms with Crippen LogP contribution in [-0.2, 0) is 0 Å². The fourth-order valence-electron chi connectivity index (χ4n) is 2.34. The lowest BCUT2D eigenvalue weighted by Gasteiger charge is -2.16. The molecule has 0 radical (unpaired) electrons. The summed E-state index contributed by atoms with van der Waals surface area (Å²) in [4.78, 5) is 13.0. The van der Waals surface area contributed by atoms with Crippen LogP contribution in [0.4, 0.5) is 0 Å². The number of hydrogen-bond donors (Lipinski definition) is 2. The van der Waals surface area contributed by atoms with E-state index in [2.05, 4.69) is 24.1 Å². The van der Waals surface area contributed by atoms with Crippen molar-refractivity contribution in [2.45, 2.75) is 38.6 Å². The maximum atomic E-state index is 12.1. The third kappa shape index (κ3) is 3.82. The number of carbonyl (C=O) groups is 1. The first-order valence-corrected chi connectivity index (χ1v) is 7.58. The molecule has 1 fully saturated rings. The Bertz CT molecular complexity index is 498. The molecule has 1 aliphatic rings. The Morgan fingerprint density at radius 3 is 3.11 bits per heavy atom. The monoisotopic (exact) mass is 277 g/mol. The Morgan fingerprint density at radius 2 is 2.42 bits per heavy atom. The Balaban J connectivity index is 1.94. The number of aliphatic hydroxyl groups is 1. The minimum Gasteiger partial charge on any atom is -0.395 e. The molecule has 2 N–H and O–H groups in total. The summed E-state index contributed by atoms with van der Waals surface area (Å²) in [5.41, 5.74) is 0.692. The number of amides is 1. The van der Waals surface area contributed by atoms with E-state index in [1.807, 2.05) is 11.4 Å². The van der Waals surface area contributed by atoms with Gasteiger partial charge < -0.3 is 10.4 Å². The normalized spacial score (nSPS) is 21.8.